The molecule has 4 heteroatoms. The predicted molar refractivity (Wildman–Crippen MR) is 63.3 cm³/mol. The standard InChI is InChI=1S/C13H22O4/c1-5-16-11(14)9-7-13(3,4)8-10(9)12(15)17-6-2/h9-10H,5-8H2,1-4H3/t9-,10-/m1/s1. The van der Waals surface area contributed by atoms with Gasteiger partial charge in [-0.1, -0.05) is 13.8 Å². The van der Waals surface area contributed by atoms with Gasteiger partial charge < -0.3 is 9.47 Å². The van der Waals surface area contributed by atoms with Crippen molar-refractivity contribution in [2.75, 3.05) is 13.2 Å². The van der Waals surface area contributed by atoms with Crippen LogP contribution in [0, 0.1) is 17.3 Å². The average molecular weight is 242 g/mol. The summed E-state index contributed by atoms with van der Waals surface area (Å²) in [5.74, 6) is -1.22. The van der Waals surface area contributed by atoms with Gasteiger partial charge in [-0.05, 0) is 32.1 Å². The number of rotatable bonds is 4. The van der Waals surface area contributed by atoms with Crippen LogP contribution in [-0.4, -0.2) is 25.2 Å². The van der Waals surface area contributed by atoms with E-state index in [0.29, 0.717) is 26.1 Å². The first kappa shape index (κ1) is 14.0. The third-order valence-corrected chi connectivity index (χ3v) is 3.21. The Morgan fingerprint density at radius 3 is 1.65 bits per heavy atom. The van der Waals surface area contributed by atoms with Gasteiger partial charge in [0, 0.05) is 0 Å². The van der Waals surface area contributed by atoms with Crippen LogP contribution in [-0.2, 0) is 19.1 Å². The zero-order chi connectivity index (χ0) is 13.1. The fraction of sp³-hybridized carbons (Fsp3) is 0.846. The number of esters is 2. The second-order valence-corrected chi connectivity index (χ2v) is 5.29. The summed E-state index contributed by atoms with van der Waals surface area (Å²) < 4.78 is 10.1. The molecule has 1 saturated carbocycles. The fourth-order valence-electron chi connectivity index (χ4n) is 2.55. The van der Waals surface area contributed by atoms with E-state index in [1.165, 1.54) is 0 Å². The molecule has 1 aliphatic rings. The van der Waals surface area contributed by atoms with Crippen molar-refractivity contribution in [2.24, 2.45) is 17.3 Å². The van der Waals surface area contributed by atoms with Crippen molar-refractivity contribution in [3.8, 4) is 0 Å². The minimum atomic E-state index is -0.344. The first-order valence-corrected chi connectivity index (χ1v) is 6.24. The molecular weight excluding hydrogens is 220 g/mol. The number of hydrogen-bond donors (Lipinski definition) is 0. The Bertz CT molecular complexity index is 268. The Balaban J connectivity index is 2.77. The highest BCUT2D eigenvalue weighted by molar-refractivity contribution is 5.83. The van der Waals surface area contributed by atoms with Crippen LogP contribution in [0.1, 0.15) is 40.5 Å². The predicted octanol–water partition coefficient (Wildman–Crippen LogP) is 2.17. The molecule has 1 rings (SSSR count). The van der Waals surface area contributed by atoms with Gasteiger partial charge in [0.1, 0.15) is 0 Å². The van der Waals surface area contributed by atoms with Crippen LogP contribution in [0.3, 0.4) is 0 Å². The van der Waals surface area contributed by atoms with E-state index in [-0.39, 0.29) is 29.2 Å². The molecule has 4 nitrogen and oxygen atoms in total. The van der Waals surface area contributed by atoms with Crippen LogP contribution in [0.4, 0.5) is 0 Å². The summed E-state index contributed by atoms with van der Waals surface area (Å²) in [6.07, 6.45) is 1.38. The normalized spacial score (nSPS) is 26.6. The minimum Gasteiger partial charge on any atom is -0.466 e. The molecule has 0 aromatic heterocycles. The largest absolute Gasteiger partial charge is 0.466 e. The molecular formula is C13H22O4. The molecule has 0 amide bonds. The number of ether oxygens (including phenoxy) is 2. The molecule has 0 bridgehead atoms. The third kappa shape index (κ3) is 3.45. The lowest BCUT2D eigenvalue weighted by Gasteiger charge is -2.16. The molecule has 17 heavy (non-hydrogen) atoms. The van der Waals surface area contributed by atoms with Gasteiger partial charge in [-0.3, -0.25) is 9.59 Å². The van der Waals surface area contributed by atoms with E-state index >= 15 is 0 Å². The van der Waals surface area contributed by atoms with Crippen LogP contribution in [0.15, 0.2) is 0 Å². The number of hydrogen-bond acceptors (Lipinski definition) is 4. The summed E-state index contributed by atoms with van der Waals surface area (Å²) in [7, 11) is 0. The maximum atomic E-state index is 11.8. The topological polar surface area (TPSA) is 52.6 Å². The zero-order valence-corrected chi connectivity index (χ0v) is 11.1. The number of carbonyl (C=O) groups is 2. The van der Waals surface area contributed by atoms with Gasteiger partial charge in [0.05, 0.1) is 25.0 Å². The molecule has 0 spiro atoms. The smallest absolute Gasteiger partial charge is 0.309 e. The Morgan fingerprint density at radius 1 is 1.00 bits per heavy atom. The van der Waals surface area contributed by atoms with Crippen molar-refractivity contribution in [3.63, 3.8) is 0 Å². The molecule has 0 aromatic rings. The van der Waals surface area contributed by atoms with E-state index in [0.717, 1.165) is 0 Å². The van der Waals surface area contributed by atoms with Crippen LogP contribution < -0.4 is 0 Å². The first-order valence-electron chi connectivity index (χ1n) is 6.24. The highest BCUT2D eigenvalue weighted by Gasteiger charge is 2.47. The van der Waals surface area contributed by atoms with Crippen molar-refractivity contribution in [1.82, 2.24) is 0 Å². The lowest BCUT2D eigenvalue weighted by atomic mass is 9.90. The molecule has 0 unspecified atom stereocenters. The van der Waals surface area contributed by atoms with E-state index in [9.17, 15) is 9.59 Å². The van der Waals surface area contributed by atoms with Gasteiger partial charge in [0.15, 0.2) is 0 Å². The molecule has 0 N–H and O–H groups in total. The summed E-state index contributed by atoms with van der Waals surface area (Å²) >= 11 is 0. The molecule has 0 aliphatic heterocycles. The van der Waals surface area contributed by atoms with Crippen LogP contribution in [0.25, 0.3) is 0 Å². The van der Waals surface area contributed by atoms with Crippen molar-refractivity contribution in [2.45, 2.75) is 40.5 Å². The SMILES string of the molecule is CCOC(=O)[C@@H]1CC(C)(C)C[C@H]1C(=O)OCC. The second kappa shape index (κ2) is 5.52. The lowest BCUT2D eigenvalue weighted by Crippen LogP contribution is -2.28. The highest BCUT2D eigenvalue weighted by Crippen LogP contribution is 2.46. The third-order valence-electron chi connectivity index (χ3n) is 3.21. The van der Waals surface area contributed by atoms with Crippen LogP contribution in [0.2, 0.25) is 0 Å². The molecule has 0 heterocycles. The van der Waals surface area contributed by atoms with E-state index in [1.54, 1.807) is 13.8 Å². The molecule has 1 aliphatic carbocycles. The first-order chi connectivity index (χ1) is 7.91. The second-order valence-electron chi connectivity index (χ2n) is 5.29. The Morgan fingerprint density at radius 2 is 1.35 bits per heavy atom. The monoisotopic (exact) mass is 242 g/mol. The summed E-state index contributed by atoms with van der Waals surface area (Å²) in [6.45, 7) is 8.39. The summed E-state index contributed by atoms with van der Waals surface area (Å²) in [6, 6.07) is 0. The molecule has 0 saturated heterocycles. The highest BCUT2D eigenvalue weighted by atomic mass is 16.5. The molecule has 0 aromatic carbocycles. The van der Waals surface area contributed by atoms with Gasteiger partial charge in [0.2, 0.25) is 0 Å². The lowest BCUT2D eigenvalue weighted by molar-refractivity contribution is -0.158. The molecule has 1 fully saturated rings. The van der Waals surface area contributed by atoms with Crippen molar-refractivity contribution >= 4 is 11.9 Å². The number of carbonyl (C=O) groups excluding carboxylic acids is 2. The Labute approximate surface area is 103 Å². The maximum absolute atomic E-state index is 11.8. The van der Waals surface area contributed by atoms with Gasteiger partial charge in [0.25, 0.3) is 0 Å². The van der Waals surface area contributed by atoms with E-state index in [1.807, 2.05) is 0 Å². The Kier molecular flexibility index (Phi) is 4.54. The molecule has 2 atom stereocenters. The zero-order valence-electron chi connectivity index (χ0n) is 11.1. The van der Waals surface area contributed by atoms with Crippen molar-refractivity contribution in [1.29, 1.82) is 0 Å². The van der Waals surface area contributed by atoms with Gasteiger partial charge in [-0.15, -0.1) is 0 Å². The Hall–Kier alpha value is -1.06. The van der Waals surface area contributed by atoms with E-state index in [4.69, 9.17) is 9.47 Å². The summed E-state index contributed by atoms with van der Waals surface area (Å²) in [5, 5.41) is 0. The van der Waals surface area contributed by atoms with Crippen LogP contribution in [0.5, 0.6) is 0 Å². The van der Waals surface area contributed by atoms with Gasteiger partial charge in [-0.2, -0.15) is 0 Å². The minimum absolute atomic E-state index is 0.00510. The van der Waals surface area contributed by atoms with Crippen molar-refractivity contribution < 1.29 is 19.1 Å². The molecule has 0 radical (unpaired) electrons. The average Bonchev–Trinajstić information content (AvgIpc) is 2.55. The van der Waals surface area contributed by atoms with E-state index < -0.39 is 0 Å². The molecule has 98 valence electrons. The fourth-order valence-corrected chi connectivity index (χ4v) is 2.55. The van der Waals surface area contributed by atoms with Crippen LogP contribution >= 0.6 is 0 Å². The maximum Gasteiger partial charge on any atom is 0.309 e. The van der Waals surface area contributed by atoms with E-state index in [2.05, 4.69) is 13.8 Å². The summed E-state index contributed by atoms with van der Waals surface area (Å²) in [4.78, 5) is 23.6. The van der Waals surface area contributed by atoms with Gasteiger partial charge >= 0.3 is 11.9 Å². The quantitative estimate of drug-likeness (QED) is 0.709. The van der Waals surface area contributed by atoms with Gasteiger partial charge in [-0.25, -0.2) is 0 Å². The van der Waals surface area contributed by atoms with Crippen molar-refractivity contribution in [3.05, 3.63) is 0 Å². The summed E-state index contributed by atoms with van der Waals surface area (Å²) in [5.41, 5.74) is -0.00510.